The molecule has 0 unspecified atom stereocenters. The van der Waals surface area contributed by atoms with Crippen molar-refractivity contribution in [1.82, 2.24) is 15.1 Å². The minimum Gasteiger partial charge on any atom is -0.320 e. The first-order valence-electron chi connectivity index (χ1n) is 6.36. The highest BCUT2D eigenvalue weighted by Crippen LogP contribution is 2.23. The fourth-order valence-corrected chi connectivity index (χ4v) is 2.41. The molecule has 1 aromatic carbocycles. The van der Waals surface area contributed by atoms with Crippen molar-refractivity contribution in [3.8, 4) is 0 Å². The van der Waals surface area contributed by atoms with Gasteiger partial charge in [-0.1, -0.05) is 12.1 Å². The van der Waals surface area contributed by atoms with E-state index >= 15 is 0 Å². The van der Waals surface area contributed by atoms with Crippen molar-refractivity contribution in [1.29, 1.82) is 0 Å². The molecule has 0 fully saturated rings. The van der Waals surface area contributed by atoms with Crippen LogP contribution in [0.4, 0.5) is 5.69 Å². The molecule has 0 radical (unpaired) electrons. The molecule has 2 aromatic rings. The number of hydrogen-bond donors (Lipinski definition) is 2. The number of nitrogens with one attached hydrogen (secondary N) is 2. The summed E-state index contributed by atoms with van der Waals surface area (Å²) in [7, 11) is 1.76. The van der Waals surface area contributed by atoms with Crippen molar-refractivity contribution < 1.29 is 4.79 Å². The van der Waals surface area contributed by atoms with Crippen LogP contribution < -0.4 is 10.6 Å². The van der Waals surface area contributed by atoms with Crippen LogP contribution in [-0.4, -0.2) is 22.2 Å². The van der Waals surface area contributed by atoms with Gasteiger partial charge < -0.3 is 10.6 Å². The van der Waals surface area contributed by atoms with Gasteiger partial charge in [-0.3, -0.25) is 9.48 Å². The number of amides is 1. The van der Waals surface area contributed by atoms with Crippen LogP contribution in [0.1, 0.15) is 21.6 Å². The predicted octanol–water partition coefficient (Wildman–Crippen LogP) is 1.32. The van der Waals surface area contributed by atoms with Crippen LogP contribution in [0.25, 0.3) is 0 Å². The van der Waals surface area contributed by atoms with Gasteiger partial charge in [0.1, 0.15) is 5.69 Å². The third-order valence-electron chi connectivity index (χ3n) is 3.45. The van der Waals surface area contributed by atoms with Crippen LogP contribution in [0.3, 0.4) is 0 Å². The number of carbonyl (C=O) groups is 1. The SMILES string of the molecule is Cn1nccc1C(=O)Nc1cccc2c1CNCC2. The fraction of sp³-hybridized carbons (Fsp3) is 0.286. The Labute approximate surface area is 111 Å². The second-order valence-corrected chi connectivity index (χ2v) is 4.66. The predicted molar refractivity (Wildman–Crippen MR) is 73.0 cm³/mol. The third kappa shape index (κ3) is 2.24. The molecule has 0 atom stereocenters. The van der Waals surface area contributed by atoms with E-state index in [1.165, 1.54) is 11.1 Å². The standard InChI is InChI=1S/C14H16N4O/c1-18-13(6-8-16-18)14(19)17-12-4-2-3-10-5-7-15-9-11(10)12/h2-4,6,8,15H,5,7,9H2,1H3,(H,17,19). The minimum atomic E-state index is -0.126. The molecular formula is C14H16N4O. The van der Waals surface area contributed by atoms with Crippen molar-refractivity contribution in [3.05, 3.63) is 47.3 Å². The molecule has 1 aliphatic rings. The molecule has 0 bridgehead atoms. The van der Waals surface area contributed by atoms with E-state index in [0.717, 1.165) is 25.2 Å². The van der Waals surface area contributed by atoms with E-state index in [9.17, 15) is 4.79 Å². The van der Waals surface area contributed by atoms with Gasteiger partial charge in [-0.05, 0) is 36.2 Å². The summed E-state index contributed by atoms with van der Waals surface area (Å²) < 4.78 is 1.57. The molecule has 1 aromatic heterocycles. The molecular weight excluding hydrogens is 240 g/mol. The number of anilines is 1. The number of aryl methyl sites for hydroxylation is 1. The summed E-state index contributed by atoms with van der Waals surface area (Å²) in [5, 5.41) is 10.3. The Morgan fingerprint density at radius 2 is 2.32 bits per heavy atom. The van der Waals surface area contributed by atoms with Crippen molar-refractivity contribution in [2.24, 2.45) is 7.05 Å². The first kappa shape index (κ1) is 11.9. The summed E-state index contributed by atoms with van der Waals surface area (Å²) in [6.45, 7) is 1.79. The molecule has 0 spiro atoms. The lowest BCUT2D eigenvalue weighted by Crippen LogP contribution is -2.26. The summed E-state index contributed by atoms with van der Waals surface area (Å²) in [5.41, 5.74) is 3.93. The number of aromatic nitrogens is 2. The number of hydrogen-bond acceptors (Lipinski definition) is 3. The van der Waals surface area contributed by atoms with Gasteiger partial charge in [0.15, 0.2) is 0 Å². The van der Waals surface area contributed by atoms with E-state index in [0.29, 0.717) is 5.69 Å². The maximum absolute atomic E-state index is 12.2. The zero-order valence-corrected chi connectivity index (χ0v) is 10.8. The Balaban J connectivity index is 1.88. The van der Waals surface area contributed by atoms with E-state index in [1.807, 2.05) is 12.1 Å². The molecule has 2 N–H and O–H groups in total. The van der Waals surface area contributed by atoms with Crippen molar-refractivity contribution >= 4 is 11.6 Å². The monoisotopic (exact) mass is 256 g/mol. The smallest absolute Gasteiger partial charge is 0.273 e. The zero-order valence-electron chi connectivity index (χ0n) is 10.8. The van der Waals surface area contributed by atoms with Gasteiger partial charge >= 0.3 is 0 Å². The summed E-state index contributed by atoms with van der Waals surface area (Å²) >= 11 is 0. The molecule has 98 valence electrons. The highest BCUT2D eigenvalue weighted by Gasteiger charge is 2.16. The van der Waals surface area contributed by atoms with Gasteiger partial charge in [-0.15, -0.1) is 0 Å². The zero-order chi connectivity index (χ0) is 13.2. The van der Waals surface area contributed by atoms with Crippen molar-refractivity contribution in [2.75, 3.05) is 11.9 Å². The Morgan fingerprint density at radius 1 is 1.42 bits per heavy atom. The maximum Gasteiger partial charge on any atom is 0.273 e. The van der Waals surface area contributed by atoms with E-state index in [-0.39, 0.29) is 5.91 Å². The van der Waals surface area contributed by atoms with Gasteiger partial charge in [-0.2, -0.15) is 5.10 Å². The van der Waals surface area contributed by atoms with Crippen molar-refractivity contribution in [3.63, 3.8) is 0 Å². The Hall–Kier alpha value is -2.14. The van der Waals surface area contributed by atoms with Gasteiger partial charge in [0.25, 0.3) is 5.91 Å². The average Bonchev–Trinajstić information content (AvgIpc) is 2.85. The normalized spacial score (nSPS) is 13.9. The highest BCUT2D eigenvalue weighted by molar-refractivity contribution is 6.03. The Morgan fingerprint density at radius 3 is 3.11 bits per heavy atom. The fourth-order valence-electron chi connectivity index (χ4n) is 2.41. The van der Waals surface area contributed by atoms with Gasteiger partial charge in [0, 0.05) is 25.5 Å². The van der Waals surface area contributed by atoms with Crippen LogP contribution in [0.5, 0.6) is 0 Å². The topological polar surface area (TPSA) is 59.0 Å². The first-order chi connectivity index (χ1) is 9.25. The molecule has 2 heterocycles. The second-order valence-electron chi connectivity index (χ2n) is 4.66. The van der Waals surface area contributed by atoms with E-state index in [1.54, 1.807) is 24.0 Å². The van der Waals surface area contributed by atoms with Crippen LogP contribution in [0.2, 0.25) is 0 Å². The lowest BCUT2D eigenvalue weighted by atomic mass is 9.99. The Bertz CT molecular complexity index is 618. The minimum absolute atomic E-state index is 0.126. The van der Waals surface area contributed by atoms with Crippen molar-refractivity contribution in [2.45, 2.75) is 13.0 Å². The number of nitrogens with zero attached hydrogens (tertiary/aromatic N) is 2. The third-order valence-corrected chi connectivity index (χ3v) is 3.45. The largest absolute Gasteiger partial charge is 0.320 e. The maximum atomic E-state index is 12.2. The van der Waals surface area contributed by atoms with E-state index in [2.05, 4.69) is 21.8 Å². The second kappa shape index (κ2) is 4.85. The number of rotatable bonds is 2. The molecule has 5 nitrogen and oxygen atoms in total. The van der Waals surface area contributed by atoms with Gasteiger partial charge in [0.05, 0.1) is 0 Å². The lowest BCUT2D eigenvalue weighted by Gasteiger charge is -2.20. The molecule has 1 amide bonds. The van der Waals surface area contributed by atoms with Crippen LogP contribution in [0, 0.1) is 0 Å². The van der Waals surface area contributed by atoms with E-state index in [4.69, 9.17) is 0 Å². The van der Waals surface area contributed by atoms with Crippen LogP contribution in [0.15, 0.2) is 30.5 Å². The quantitative estimate of drug-likeness (QED) is 0.852. The summed E-state index contributed by atoms with van der Waals surface area (Å²) in [5.74, 6) is -0.126. The van der Waals surface area contributed by atoms with Gasteiger partial charge in [-0.25, -0.2) is 0 Å². The molecule has 1 aliphatic heterocycles. The van der Waals surface area contributed by atoms with Crippen LogP contribution >= 0.6 is 0 Å². The van der Waals surface area contributed by atoms with Gasteiger partial charge in [0.2, 0.25) is 0 Å². The Kier molecular flexibility index (Phi) is 3.05. The average molecular weight is 256 g/mol. The molecule has 5 heteroatoms. The first-order valence-corrected chi connectivity index (χ1v) is 6.36. The lowest BCUT2D eigenvalue weighted by molar-refractivity contribution is 0.101. The molecule has 0 saturated carbocycles. The number of fused-ring (bicyclic) bond motifs is 1. The molecule has 0 aliphatic carbocycles. The molecule has 3 rings (SSSR count). The molecule has 19 heavy (non-hydrogen) atoms. The van der Waals surface area contributed by atoms with E-state index < -0.39 is 0 Å². The van der Waals surface area contributed by atoms with Crippen LogP contribution in [-0.2, 0) is 20.0 Å². The molecule has 0 saturated heterocycles. The number of benzene rings is 1. The highest BCUT2D eigenvalue weighted by atomic mass is 16.2. The summed E-state index contributed by atoms with van der Waals surface area (Å²) in [6.07, 6.45) is 2.63. The summed E-state index contributed by atoms with van der Waals surface area (Å²) in [6, 6.07) is 7.77. The summed E-state index contributed by atoms with van der Waals surface area (Å²) in [4.78, 5) is 12.2. The number of carbonyl (C=O) groups excluding carboxylic acids is 1.